The molecule has 6 fully saturated rings. The summed E-state index contributed by atoms with van der Waals surface area (Å²) in [5.74, 6) is -0.863. The van der Waals surface area contributed by atoms with Crippen molar-refractivity contribution in [1.29, 1.82) is 0 Å². The van der Waals surface area contributed by atoms with E-state index in [9.17, 15) is 96.7 Å². The summed E-state index contributed by atoms with van der Waals surface area (Å²) < 4.78 is 62.4. The molecule has 6 aliphatic rings. The van der Waals surface area contributed by atoms with Crippen LogP contribution in [0.25, 0.3) is 0 Å². The van der Waals surface area contributed by atoms with Gasteiger partial charge in [-0.15, -0.1) is 0 Å². The van der Waals surface area contributed by atoms with E-state index < -0.39 is 223 Å². The van der Waals surface area contributed by atoms with Crippen molar-refractivity contribution in [2.45, 2.75) is 198 Å². The largest absolute Gasteiger partial charge is 0.394 e. The highest BCUT2D eigenvalue weighted by molar-refractivity contribution is 5.73. The first-order valence-corrected chi connectivity index (χ1v) is 22.0. The molecule has 30 atom stereocenters. The molecule has 6 rings (SSSR count). The highest BCUT2D eigenvalue weighted by Crippen LogP contribution is 2.37. The molecule has 0 radical (unpaired) electrons. The van der Waals surface area contributed by atoms with Crippen LogP contribution < -0.4 is 5.32 Å². The van der Waals surface area contributed by atoms with E-state index in [0.29, 0.717) is 0 Å². The molecule has 6 aliphatic heterocycles. The van der Waals surface area contributed by atoms with Crippen LogP contribution in [0.4, 0.5) is 0 Å². The monoisotopic (exact) mass is 1020 g/mol. The van der Waals surface area contributed by atoms with Crippen molar-refractivity contribution < 1.29 is 149 Å². The van der Waals surface area contributed by atoms with Gasteiger partial charge < -0.3 is 149 Å². The van der Waals surface area contributed by atoms with Gasteiger partial charge in [0, 0.05) is 6.92 Å². The van der Waals surface area contributed by atoms with Crippen LogP contribution >= 0.6 is 0 Å². The van der Waals surface area contributed by atoms with Crippen molar-refractivity contribution in [3.63, 3.8) is 0 Å². The van der Waals surface area contributed by atoms with Crippen molar-refractivity contribution in [2.75, 3.05) is 33.0 Å². The quantitative estimate of drug-likeness (QED) is 0.0682. The standard InChI is InChI=1S/C38H65NO30/c1-8-16(46)20(50)25(55)35(59-8)69-32-21(51)17(47)10(3-40)63-38(32)67-30-15(39-9(2)45)34(61-11(4-41)18(30)48)68-31-19(49)12(5-42)62-37(27(31)57)66-29-14(7-44)64-36(26(56)23(29)53)65-28-13(6-43)60-33(58)24(54)22(28)52/h8,10-38,40-44,46-58H,3-7H2,1-2H3,(H,39,45)/t8?,10?,11?,12?,13?,14?,15?,16-,17+,18+,19+,20?,21+,22-,23-,24?,25+,26?,27?,28-,29+,30-,31+,32?,33-,34+,35+,36+,37-,38+/m1/s1. The van der Waals surface area contributed by atoms with Crippen molar-refractivity contribution in [1.82, 2.24) is 5.32 Å². The van der Waals surface area contributed by atoms with Crippen molar-refractivity contribution in [3.05, 3.63) is 0 Å². The van der Waals surface area contributed by atoms with Gasteiger partial charge in [0.1, 0.15) is 140 Å². The third kappa shape index (κ3) is 11.8. The van der Waals surface area contributed by atoms with E-state index in [1.54, 1.807) is 0 Å². The molecule has 1 amide bonds. The molecule has 69 heavy (non-hydrogen) atoms. The zero-order valence-corrected chi connectivity index (χ0v) is 36.8. The highest BCUT2D eigenvalue weighted by Gasteiger charge is 2.58. The van der Waals surface area contributed by atoms with Gasteiger partial charge in [0.15, 0.2) is 37.7 Å². The Bertz CT molecular complexity index is 1610. The van der Waals surface area contributed by atoms with Crippen molar-refractivity contribution in [2.24, 2.45) is 0 Å². The van der Waals surface area contributed by atoms with Crippen LogP contribution in [-0.4, -0.2) is 315 Å². The molecule has 31 heteroatoms. The number of amides is 1. The first-order chi connectivity index (χ1) is 32.6. The van der Waals surface area contributed by atoms with Gasteiger partial charge in [-0.1, -0.05) is 0 Å². The minimum Gasteiger partial charge on any atom is -0.394 e. The number of hydrogen-bond donors (Lipinski definition) is 19. The minimum atomic E-state index is -2.21. The Labute approximate surface area is 390 Å². The maximum Gasteiger partial charge on any atom is 0.217 e. The first kappa shape index (κ1) is 56.6. The molecule has 0 aromatic carbocycles. The number of aliphatic hydroxyl groups is 18. The topological polar surface area (TPSA) is 495 Å². The molecule has 0 aliphatic carbocycles. The molecule has 19 N–H and O–H groups in total. The third-order valence-corrected chi connectivity index (χ3v) is 12.8. The average Bonchev–Trinajstić information content (AvgIpc) is 3.32. The first-order valence-electron chi connectivity index (χ1n) is 22.0. The van der Waals surface area contributed by atoms with E-state index in [4.69, 9.17) is 52.1 Å². The van der Waals surface area contributed by atoms with E-state index in [1.165, 1.54) is 6.92 Å². The van der Waals surface area contributed by atoms with E-state index >= 15 is 0 Å². The summed E-state index contributed by atoms with van der Waals surface area (Å²) in [6.07, 6.45) is -54.3. The molecule has 0 spiro atoms. The Balaban J connectivity index is 1.23. The molecule has 0 aromatic rings. The molecule has 31 nitrogen and oxygen atoms in total. The lowest BCUT2D eigenvalue weighted by molar-refractivity contribution is -0.393. The second-order valence-electron chi connectivity index (χ2n) is 17.5. The second kappa shape index (κ2) is 24.1. The van der Waals surface area contributed by atoms with Gasteiger partial charge in [0.25, 0.3) is 0 Å². The van der Waals surface area contributed by atoms with Crippen molar-refractivity contribution in [3.8, 4) is 0 Å². The van der Waals surface area contributed by atoms with Crippen LogP contribution in [0.3, 0.4) is 0 Å². The van der Waals surface area contributed by atoms with Gasteiger partial charge in [0.2, 0.25) is 5.91 Å². The molecule has 0 aromatic heterocycles. The van der Waals surface area contributed by atoms with Crippen LogP contribution in [0.15, 0.2) is 0 Å². The maximum atomic E-state index is 12.7. The van der Waals surface area contributed by atoms with Gasteiger partial charge in [-0.25, -0.2) is 0 Å². The third-order valence-electron chi connectivity index (χ3n) is 12.8. The van der Waals surface area contributed by atoms with Gasteiger partial charge >= 0.3 is 0 Å². The number of carbonyl (C=O) groups excluding carboxylic acids is 1. The van der Waals surface area contributed by atoms with Gasteiger partial charge in [-0.3, -0.25) is 4.79 Å². The molecule has 12 unspecified atom stereocenters. The van der Waals surface area contributed by atoms with Gasteiger partial charge in [0.05, 0.1) is 39.1 Å². The lowest BCUT2D eigenvalue weighted by atomic mass is 9.94. The zero-order valence-electron chi connectivity index (χ0n) is 36.8. The second-order valence-corrected chi connectivity index (χ2v) is 17.5. The fraction of sp³-hybridized carbons (Fsp3) is 0.974. The molecule has 0 saturated carbocycles. The number of rotatable bonds is 16. The lowest BCUT2D eigenvalue weighted by Gasteiger charge is -2.51. The lowest BCUT2D eigenvalue weighted by Crippen LogP contribution is -2.70. The zero-order chi connectivity index (χ0) is 50.9. The predicted octanol–water partition coefficient (Wildman–Crippen LogP) is -12.9. The summed E-state index contributed by atoms with van der Waals surface area (Å²) >= 11 is 0. The number of ether oxygens (including phenoxy) is 11. The van der Waals surface area contributed by atoms with E-state index in [-0.39, 0.29) is 0 Å². The molecule has 402 valence electrons. The Morgan fingerprint density at radius 1 is 0.377 bits per heavy atom. The maximum absolute atomic E-state index is 12.7. The average molecular weight is 1020 g/mol. The Kier molecular flexibility index (Phi) is 19.8. The normalized spacial score (nSPS) is 52.1. The van der Waals surface area contributed by atoms with Crippen LogP contribution in [0, 0.1) is 0 Å². The SMILES string of the molecule is CC(=O)NC1[C@H](O[C@@H]2C(O)[C@@H](O[C@H]3C(CO)O[C@@H](O[C@@H]4C(CO)O[C@@H](O)C(O)[C@H]4O)C(O)[C@H]3O)OC(CO)[C@@H]2O)OC(CO)[C@H](O)[C@@H]1O[C@@H]1OC(CO)[C@H](O)[C@H](O)C1O[C@@H]1OC(C)[C@@H](O)C(O)[C@@H]1O. The summed E-state index contributed by atoms with van der Waals surface area (Å²) in [4.78, 5) is 12.7. The Morgan fingerprint density at radius 3 is 1.33 bits per heavy atom. The Hall–Kier alpha value is -1.69. The minimum absolute atomic E-state index is 0.863. The van der Waals surface area contributed by atoms with Crippen molar-refractivity contribution >= 4 is 5.91 Å². The molecule has 6 saturated heterocycles. The van der Waals surface area contributed by atoms with E-state index in [0.717, 1.165) is 6.92 Å². The summed E-state index contributed by atoms with van der Waals surface area (Å²) in [7, 11) is 0. The summed E-state index contributed by atoms with van der Waals surface area (Å²) in [5, 5.41) is 194. The molecule has 6 heterocycles. The molecule has 0 bridgehead atoms. The number of hydrogen-bond acceptors (Lipinski definition) is 30. The van der Waals surface area contributed by atoms with Gasteiger partial charge in [-0.05, 0) is 6.92 Å². The van der Waals surface area contributed by atoms with Crippen LogP contribution in [0.1, 0.15) is 13.8 Å². The number of nitrogens with one attached hydrogen (secondary N) is 1. The Morgan fingerprint density at radius 2 is 0.768 bits per heavy atom. The number of carbonyl (C=O) groups is 1. The number of aliphatic hydroxyl groups excluding tert-OH is 18. The van der Waals surface area contributed by atoms with E-state index in [1.807, 2.05) is 0 Å². The summed E-state index contributed by atoms with van der Waals surface area (Å²) in [6, 6.07) is -1.79. The fourth-order valence-corrected chi connectivity index (χ4v) is 8.84. The van der Waals surface area contributed by atoms with Crippen LogP contribution in [0.2, 0.25) is 0 Å². The highest BCUT2D eigenvalue weighted by atomic mass is 16.8. The van der Waals surface area contributed by atoms with Gasteiger partial charge in [-0.2, -0.15) is 0 Å². The summed E-state index contributed by atoms with van der Waals surface area (Å²) in [6.45, 7) is -2.55. The molecular formula is C38H65NO30. The van der Waals surface area contributed by atoms with Crippen LogP contribution in [-0.2, 0) is 56.9 Å². The summed E-state index contributed by atoms with van der Waals surface area (Å²) in [5.41, 5.74) is 0. The van der Waals surface area contributed by atoms with E-state index in [2.05, 4.69) is 5.32 Å². The fourth-order valence-electron chi connectivity index (χ4n) is 8.84. The molecular weight excluding hydrogens is 950 g/mol. The predicted molar refractivity (Wildman–Crippen MR) is 209 cm³/mol. The smallest absolute Gasteiger partial charge is 0.217 e. The van der Waals surface area contributed by atoms with Crippen LogP contribution in [0.5, 0.6) is 0 Å².